The van der Waals surface area contributed by atoms with Crippen LogP contribution < -0.4 is 15.5 Å². The predicted molar refractivity (Wildman–Crippen MR) is 147 cm³/mol. The van der Waals surface area contributed by atoms with Gasteiger partial charge in [-0.3, -0.25) is 0 Å². The average molecular weight is 460 g/mol. The maximum Gasteiger partial charge on any atom is 0.0627 e. The van der Waals surface area contributed by atoms with Crippen molar-refractivity contribution in [2.24, 2.45) is 5.92 Å². The van der Waals surface area contributed by atoms with Gasteiger partial charge in [-0.1, -0.05) is 59.7 Å². The minimum absolute atomic E-state index is 0.326. The van der Waals surface area contributed by atoms with Gasteiger partial charge in [-0.2, -0.15) is 0 Å². The van der Waals surface area contributed by atoms with Gasteiger partial charge in [0.25, 0.3) is 0 Å². The van der Waals surface area contributed by atoms with Gasteiger partial charge in [-0.05, 0) is 82.0 Å². The van der Waals surface area contributed by atoms with Crippen LogP contribution in [0.5, 0.6) is 0 Å². The number of nitrogens with one attached hydrogen (secondary N) is 2. The van der Waals surface area contributed by atoms with Crippen LogP contribution in [0.4, 0.5) is 17.1 Å². The first-order valence-electron chi connectivity index (χ1n) is 12.8. The molecule has 3 heteroatoms. The second kappa shape index (κ2) is 9.14. The first-order valence-corrected chi connectivity index (χ1v) is 12.8. The third-order valence-electron chi connectivity index (χ3n) is 7.50. The van der Waals surface area contributed by atoms with Crippen molar-refractivity contribution in [2.75, 3.05) is 10.2 Å². The highest BCUT2D eigenvalue weighted by Gasteiger charge is 2.41. The Morgan fingerprint density at radius 1 is 0.771 bits per heavy atom. The number of fused-ring (bicyclic) bond motifs is 2. The van der Waals surface area contributed by atoms with E-state index >= 15 is 0 Å². The van der Waals surface area contributed by atoms with E-state index in [1.165, 1.54) is 39.5 Å². The van der Waals surface area contributed by atoms with E-state index in [0.29, 0.717) is 12.0 Å². The summed E-state index contributed by atoms with van der Waals surface area (Å²) in [6.07, 6.45) is 20.5. The first-order chi connectivity index (χ1) is 17.2. The van der Waals surface area contributed by atoms with Crippen LogP contribution in [0.15, 0.2) is 119 Å². The van der Waals surface area contributed by atoms with Crippen molar-refractivity contribution >= 4 is 17.1 Å². The maximum atomic E-state index is 3.82. The van der Waals surface area contributed by atoms with Crippen molar-refractivity contribution in [3.63, 3.8) is 0 Å². The fourth-order valence-corrected chi connectivity index (χ4v) is 5.64. The third kappa shape index (κ3) is 4.27. The zero-order valence-corrected chi connectivity index (χ0v) is 20.6. The summed E-state index contributed by atoms with van der Waals surface area (Å²) in [4.78, 5) is 2.57. The number of benzene rings is 2. The molecule has 0 spiro atoms. The van der Waals surface area contributed by atoms with Crippen molar-refractivity contribution in [3.8, 4) is 0 Å². The Morgan fingerprint density at radius 2 is 1.51 bits per heavy atom. The van der Waals surface area contributed by atoms with Crippen LogP contribution in [0.3, 0.4) is 0 Å². The Balaban J connectivity index is 1.29. The molecule has 0 amide bonds. The first kappa shape index (κ1) is 21.8. The quantitative estimate of drug-likeness (QED) is 0.477. The molecule has 3 aliphatic carbocycles. The highest BCUT2D eigenvalue weighted by atomic mass is 15.2. The molecule has 2 N–H and O–H groups in total. The molecular formula is C32H33N3. The number of hydrogen-bond donors (Lipinski definition) is 2. The SMILES string of the molecule is CC1=CC=C(NC2=CCCC3=C2C2C=CC=CC2N3c2ccc(Nc3ccc(C)cc3)cc2)CC1. The smallest absolute Gasteiger partial charge is 0.0627 e. The van der Waals surface area contributed by atoms with Crippen LogP contribution in [0.1, 0.15) is 38.2 Å². The second-order valence-electron chi connectivity index (χ2n) is 10.0. The minimum atomic E-state index is 0.326. The molecule has 176 valence electrons. The molecule has 1 aliphatic heterocycles. The summed E-state index contributed by atoms with van der Waals surface area (Å²) in [5.41, 5.74) is 11.8. The van der Waals surface area contributed by atoms with Gasteiger partial charge in [-0.25, -0.2) is 0 Å². The van der Waals surface area contributed by atoms with E-state index in [0.717, 1.165) is 37.1 Å². The number of rotatable bonds is 5. The summed E-state index contributed by atoms with van der Waals surface area (Å²) in [6.45, 7) is 4.33. The number of hydrogen-bond acceptors (Lipinski definition) is 3. The van der Waals surface area contributed by atoms with Gasteiger partial charge in [0.2, 0.25) is 0 Å². The molecule has 2 aromatic carbocycles. The molecule has 3 nitrogen and oxygen atoms in total. The molecule has 0 radical (unpaired) electrons. The summed E-state index contributed by atoms with van der Waals surface area (Å²) < 4.78 is 0. The van der Waals surface area contributed by atoms with E-state index in [4.69, 9.17) is 0 Å². The maximum absolute atomic E-state index is 3.82. The lowest BCUT2D eigenvalue weighted by molar-refractivity contribution is 0.671. The molecule has 2 atom stereocenters. The van der Waals surface area contributed by atoms with E-state index in [1.807, 2.05) is 0 Å². The van der Waals surface area contributed by atoms with Crippen LogP contribution in [-0.2, 0) is 0 Å². The summed E-state index contributed by atoms with van der Waals surface area (Å²) in [5, 5.41) is 7.35. The Labute approximate surface area is 208 Å². The van der Waals surface area contributed by atoms with Gasteiger partial charge in [0.1, 0.15) is 0 Å². The van der Waals surface area contributed by atoms with Gasteiger partial charge >= 0.3 is 0 Å². The number of aryl methyl sites for hydroxylation is 1. The van der Waals surface area contributed by atoms with E-state index in [9.17, 15) is 0 Å². The van der Waals surface area contributed by atoms with Crippen molar-refractivity contribution in [3.05, 3.63) is 125 Å². The second-order valence-corrected chi connectivity index (χ2v) is 10.0. The molecule has 2 unspecified atom stereocenters. The van der Waals surface area contributed by atoms with Crippen molar-refractivity contribution in [1.29, 1.82) is 0 Å². The standard InChI is InChI=1S/C32H33N3/c1-22-10-14-24(15-11-22)33-25-18-20-27(21-19-25)35-30-8-4-3-6-28(30)32-29(7-5-9-31(32)35)34-26-16-12-23(2)13-17-26/h3-4,6-8,10-12,14-16,18-21,28,30,33-34H,5,9,13,17H2,1-2H3. The van der Waals surface area contributed by atoms with Gasteiger partial charge < -0.3 is 15.5 Å². The number of anilines is 3. The molecule has 1 heterocycles. The third-order valence-corrected chi connectivity index (χ3v) is 7.50. The molecule has 0 saturated carbocycles. The molecule has 35 heavy (non-hydrogen) atoms. The average Bonchev–Trinajstić information content (AvgIpc) is 3.23. The minimum Gasteiger partial charge on any atom is -0.359 e. The lowest BCUT2D eigenvalue weighted by atomic mass is 9.86. The highest BCUT2D eigenvalue weighted by Crippen LogP contribution is 2.47. The van der Waals surface area contributed by atoms with Crippen molar-refractivity contribution in [2.45, 2.75) is 45.6 Å². The molecule has 4 aliphatic rings. The lowest BCUT2D eigenvalue weighted by Gasteiger charge is -2.31. The zero-order valence-electron chi connectivity index (χ0n) is 20.6. The Bertz CT molecular complexity index is 1300. The van der Waals surface area contributed by atoms with E-state index in [1.54, 1.807) is 0 Å². The Morgan fingerprint density at radius 3 is 2.26 bits per heavy atom. The van der Waals surface area contributed by atoms with Gasteiger partial charge in [0.05, 0.1) is 6.04 Å². The van der Waals surface area contributed by atoms with E-state index < -0.39 is 0 Å². The zero-order chi connectivity index (χ0) is 23.8. The summed E-state index contributed by atoms with van der Waals surface area (Å²) in [7, 11) is 0. The molecular weight excluding hydrogens is 426 g/mol. The Kier molecular flexibility index (Phi) is 5.69. The largest absolute Gasteiger partial charge is 0.359 e. The van der Waals surface area contributed by atoms with Crippen LogP contribution in [0, 0.1) is 12.8 Å². The Hall–Kier alpha value is -3.72. The van der Waals surface area contributed by atoms with Crippen LogP contribution in [0.25, 0.3) is 0 Å². The number of allylic oxidation sites excluding steroid dienone is 9. The molecule has 0 saturated heterocycles. The predicted octanol–water partition coefficient (Wildman–Crippen LogP) is 7.81. The summed E-state index contributed by atoms with van der Waals surface area (Å²) in [5.74, 6) is 0.376. The van der Waals surface area contributed by atoms with Crippen LogP contribution >= 0.6 is 0 Å². The van der Waals surface area contributed by atoms with Gasteiger partial charge in [0.15, 0.2) is 0 Å². The topological polar surface area (TPSA) is 27.3 Å². The van der Waals surface area contributed by atoms with Crippen LogP contribution in [-0.4, -0.2) is 6.04 Å². The van der Waals surface area contributed by atoms with Gasteiger partial charge in [0, 0.05) is 45.6 Å². The lowest BCUT2D eigenvalue weighted by Crippen LogP contribution is -2.32. The molecule has 0 bridgehead atoms. The van der Waals surface area contributed by atoms with Crippen molar-refractivity contribution < 1.29 is 0 Å². The van der Waals surface area contributed by atoms with Crippen LogP contribution in [0.2, 0.25) is 0 Å². The van der Waals surface area contributed by atoms with Gasteiger partial charge in [-0.15, -0.1) is 0 Å². The highest BCUT2D eigenvalue weighted by molar-refractivity contribution is 5.69. The summed E-state index contributed by atoms with van der Waals surface area (Å²) >= 11 is 0. The normalized spacial score (nSPS) is 22.8. The van der Waals surface area contributed by atoms with E-state index in [-0.39, 0.29) is 0 Å². The molecule has 2 aromatic rings. The fraction of sp³-hybridized carbons (Fsp3) is 0.250. The van der Waals surface area contributed by atoms with Crippen molar-refractivity contribution in [1.82, 2.24) is 5.32 Å². The molecule has 0 fully saturated rings. The molecule has 0 aromatic heterocycles. The monoisotopic (exact) mass is 459 g/mol. The van der Waals surface area contributed by atoms with E-state index in [2.05, 4.69) is 120 Å². The molecule has 6 rings (SSSR count). The summed E-state index contributed by atoms with van der Waals surface area (Å²) in [6, 6.07) is 17.8. The number of nitrogens with zero attached hydrogens (tertiary/aromatic N) is 1. The fourth-order valence-electron chi connectivity index (χ4n) is 5.64.